The molecule has 18 heavy (non-hydrogen) atoms. The highest BCUT2D eigenvalue weighted by molar-refractivity contribution is 5.71. The van der Waals surface area contributed by atoms with E-state index in [4.69, 9.17) is 0 Å². The Morgan fingerprint density at radius 3 is 2.83 bits per heavy atom. The number of nitrogens with zero attached hydrogens (tertiary/aromatic N) is 4. The van der Waals surface area contributed by atoms with Gasteiger partial charge in [-0.3, -0.25) is 4.79 Å². The second-order valence-electron chi connectivity index (χ2n) is 3.32. The van der Waals surface area contributed by atoms with Crippen LogP contribution in [0.2, 0.25) is 0 Å². The summed E-state index contributed by atoms with van der Waals surface area (Å²) in [6, 6.07) is 0.781. The third-order valence-corrected chi connectivity index (χ3v) is 2.11. The number of methoxy groups -OCH3 is 1. The number of hydrogen-bond donors (Lipinski definition) is 0. The lowest BCUT2D eigenvalue weighted by molar-refractivity contribution is -0.142. The number of alkyl halides is 3. The number of carbonyl (C=O) groups excluding carboxylic acids is 1. The smallest absolute Gasteiger partial charge is 0.433 e. The molecule has 0 aromatic carbocycles. The monoisotopic (exact) mass is 260 g/mol. The van der Waals surface area contributed by atoms with E-state index in [0.29, 0.717) is 4.52 Å². The third-order valence-electron chi connectivity index (χ3n) is 2.11. The van der Waals surface area contributed by atoms with Gasteiger partial charge in [0, 0.05) is 6.20 Å². The van der Waals surface area contributed by atoms with Crippen LogP contribution in [-0.2, 0) is 22.1 Å². The van der Waals surface area contributed by atoms with Crippen molar-refractivity contribution in [3.8, 4) is 0 Å². The fourth-order valence-electron chi connectivity index (χ4n) is 1.33. The minimum atomic E-state index is -4.57. The van der Waals surface area contributed by atoms with Crippen molar-refractivity contribution in [2.75, 3.05) is 7.11 Å². The van der Waals surface area contributed by atoms with Gasteiger partial charge in [0.2, 0.25) is 0 Å². The Labute approximate surface area is 98.4 Å². The fourth-order valence-corrected chi connectivity index (χ4v) is 1.33. The van der Waals surface area contributed by atoms with Crippen LogP contribution in [0.3, 0.4) is 0 Å². The van der Waals surface area contributed by atoms with Crippen molar-refractivity contribution >= 4 is 11.7 Å². The van der Waals surface area contributed by atoms with Crippen LogP contribution in [0.25, 0.3) is 5.78 Å². The maximum Gasteiger partial charge on any atom is 0.433 e. The first-order valence-electron chi connectivity index (χ1n) is 4.76. The Kier molecular flexibility index (Phi) is 2.89. The Hall–Kier alpha value is -2.19. The lowest BCUT2D eigenvalue weighted by Crippen LogP contribution is -2.13. The molecule has 0 radical (unpaired) electrons. The average Bonchev–Trinajstić information content (AvgIpc) is 2.68. The molecule has 0 amide bonds. The molecule has 0 aliphatic rings. The minimum absolute atomic E-state index is 0.0777. The van der Waals surface area contributed by atoms with Crippen molar-refractivity contribution in [2.24, 2.45) is 0 Å². The molecule has 0 saturated carbocycles. The first-order chi connectivity index (χ1) is 8.41. The summed E-state index contributed by atoms with van der Waals surface area (Å²) < 4.78 is 42.9. The molecule has 9 heteroatoms. The Bertz CT molecular complexity index is 593. The van der Waals surface area contributed by atoms with E-state index in [-0.39, 0.29) is 18.0 Å². The van der Waals surface area contributed by atoms with E-state index in [9.17, 15) is 18.0 Å². The van der Waals surface area contributed by atoms with Gasteiger partial charge in [-0.15, -0.1) is 5.10 Å². The Morgan fingerprint density at radius 1 is 1.50 bits per heavy atom. The molecule has 0 fully saturated rings. The maximum atomic E-state index is 12.6. The van der Waals surface area contributed by atoms with E-state index in [2.05, 4.69) is 19.8 Å². The SMILES string of the molecule is COC(=O)Cc1nc2nccc(C(F)(F)F)n2n1. The third kappa shape index (κ3) is 2.24. The summed E-state index contributed by atoms with van der Waals surface area (Å²) in [5.41, 5.74) is -1.00. The van der Waals surface area contributed by atoms with Gasteiger partial charge < -0.3 is 4.74 Å². The van der Waals surface area contributed by atoms with Crippen molar-refractivity contribution in [3.05, 3.63) is 23.8 Å². The van der Waals surface area contributed by atoms with Gasteiger partial charge in [0.05, 0.1) is 7.11 Å². The van der Waals surface area contributed by atoms with E-state index in [1.165, 1.54) is 0 Å². The van der Waals surface area contributed by atoms with Gasteiger partial charge in [0.1, 0.15) is 6.42 Å². The number of fused-ring (bicyclic) bond motifs is 1. The van der Waals surface area contributed by atoms with Gasteiger partial charge >= 0.3 is 12.1 Å². The fraction of sp³-hybridized carbons (Fsp3) is 0.333. The van der Waals surface area contributed by atoms with Crippen LogP contribution in [0.1, 0.15) is 11.5 Å². The molecular formula is C9H7F3N4O2. The summed E-state index contributed by atoms with van der Waals surface area (Å²) in [7, 11) is 1.16. The molecule has 0 N–H and O–H groups in total. The normalized spacial score (nSPS) is 11.8. The van der Waals surface area contributed by atoms with Gasteiger partial charge in [-0.2, -0.15) is 22.7 Å². The van der Waals surface area contributed by atoms with E-state index >= 15 is 0 Å². The zero-order chi connectivity index (χ0) is 13.3. The van der Waals surface area contributed by atoms with Crippen LogP contribution >= 0.6 is 0 Å². The largest absolute Gasteiger partial charge is 0.469 e. The molecule has 6 nitrogen and oxygen atoms in total. The highest BCUT2D eigenvalue weighted by atomic mass is 19.4. The number of hydrogen-bond acceptors (Lipinski definition) is 5. The molecule has 0 aliphatic heterocycles. The molecule has 0 aliphatic carbocycles. The molecule has 0 atom stereocenters. The van der Waals surface area contributed by atoms with Crippen LogP contribution < -0.4 is 0 Å². The molecule has 2 heterocycles. The summed E-state index contributed by atoms with van der Waals surface area (Å²) in [5.74, 6) is -0.936. The molecule has 0 saturated heterocycles. The van der Waals surface area contributed by atoms with E-state index in [1.54, 1.807) is 0 Å². The van der Waals surface area contributed by atoms with Crippen molar-refractivity contribution in [1.29, 1.82) is 0 Å². The zero-order valence-electron chi connectivity index (χ0n) is 9.10. The van der Waals surface area contributed by atoms with E-state index in [1.807, 2.05) is 0 Å². The number of carbonyl (C=O) groups is 1. The van der Waals surface area contributed by atoms with Crippen molar-refractivity contribution in [1.82, 2.24) is 19.6 Å². The van der Waals surface area contributed by atoms with Gasteiger partial charge in [0.15, 0.2) is 11.5 Å². The van der Waals surface area contributed by atoms with Crippen molar-refractivity contribution in [2.45, 2.75) is 12.6 Å². The first kappa shape index (κ1) is 12.3. The highest BCUT2D eigenvalue weighted by Gasteiger charge is 2.34. The van der Waals surface area contributed by atoms with Gasteiger partial charge in [-0.25, -0.2) is 4.98 Å². The number of halogens is 3. The van der Waals surface area contributed by atoms with Gasteiger partial charge in [-0.05, 0) is 6.07 Å². The van der Waals surface area contributed by atoms with Crippen molar-refractivity contribution < 1.29 is 22.7 Å². The van der Waals surface area contributed by atoms with Crippen LogP contribution in [0.5, 0.6) is 0 Å². The summed E-state index contributed by atoms with van der Waals surface area (Å²) in [4.78, 5) is 18.3. The molecule has 0 bridgehead atoms. The van der Waals surface area contributed by atoms with Crippen LogP contribution in [-0.4, -0.2) is 32.7 Å². The molecule has 2 rings (SSSR count). The predicted molar refractivity (Wildman–Crippen MR) is 51.5 cm³/mol. The molecule has 0 spiro atoms. The highest BCUT2D eigenvalue weighted by Crippen LogP contribution is 2.28. The average molecular weight is 260 g/mol. The Morgan fingerprint density at radius 2 is 2.22 bits per heavy atom. The summed E-state index contributed by atoms with van der Waals surface area (Å²) in [5, 5.41) is 3.59. The van der Waals surface area contributed by atoms with Gasteiger partial charge in [0.25, 0.3) is 5.78 Å². The second kappa shape index (κ2) is 4.24. The lowest BCUT2D eigenvalue weighted by Gasteiger charge is -2.06. The lowest BCUT2D eigenvalue weighted by atomic mass is 10.4. The summed E-state index contributed by atoms with van der Waals surface area (Å²) in [6.45, 7) is 0. The van der Waals surface area contributed by atoms with Crippen molar-refractivity contribution in [3.63, 3.8) is 0 Å². The number of rotatable bonds is 2. The predicted octanol–water partition coefficient (Wildman–Crippen LogP) is 0.859. The van der Waals surface area contributed by atoms with Gasteiger partial charge in [-0.1, -0.05) is 0 Å². The Balaban J connectivity index is 2.48. The standard InChI is InChI=1S/C9H7F3N4O2/c1-18-7(17)4-6-14-8-13-3-2-5(9(10,11)12)16(8)15-6/h2-3H,4H2,1H3. The number of ether oxygens (including phenoxy) is 1. The molecule has 96 valence electrons. The van der Waals surface area contributed by atoms with E-state index in [0.717, 1.165) is 19.4 Å². The zero-order valence-corrected chi connectivity index (χ0v) is 9.10. The first-order valence-corrected chi connectivity index (χ1v) is 4.76. The summed E-state index contributed by atoms with van der Waals surface area (Å²) in [6.07, 6.45) is -3.90. The quantitative estimate of drug-likeness (QED) is 0.749. The second-order valence-corrected chi connectivity index (χ2v) is 3.32. The minimum Gasteiger partial charge on any atom is -0.469 e. The van der Waals surface area contributed by atoms with Crippen LogP contribution in [0.15, 0.2) is 12.3 Å². The van der Waals surface area contributed by atoms with E-state index < -0.39 is 17.8 Å². The van der Waals surface area contributed by atoms with Crippen LogP contribution in [0, 0.1) is 0 Å². The molecular weight excluding hydrogens is 253 g/mol. The topological polar surface area (TPSA) is 69.4 Å². The summed E-state index contributed by atoms with van der Waals surface area (Å²) >= 11 is 0. The molecule has 2 aromatic heterocycles. The van der Waals surface area contributed by atoms with Crippen LogP contribution in [0.4, 0.5) is 13.2 Å². The number of aromatic nitrogens is 4. The maximum absolute atomic E-state index is 12.6. The number of esters is 1. The molecule has 2 aromatic rings. The molecule has 0 unspecified atom stereocenters.